The van der Waals surface area contributed by atoms with Crippen LogP contribution in [0.25, 0.3) is 0 Å². The van der Waals surface area contributed by atoms with Crippen molar-refractivity contribution >= 4 is 16.4 Å². The van der Waals surface area contributed by atoms with Crippen LogP contribution in [0.3, 0.4) is 0 Å². The summed E-state index contributed by atoms with van der Waals surface area (Å²) in [5.41, 5.74) is 0. The van der Waals surface area contributed by atoms with Gasteiger partial charge in [-0.2, -0.15) is 8.42 Å². The van der Waals surface area contributed by atoms with Crippen molar-refractivity contribution in [1.29, 1.82) is 0 Å². The zero-order valence-electron chi connectivity index (χ0n) is 35.4. The van der Waals surface area contributed by atoms with E-state index in [2.05, 4.69) is 54.5 Å². The number of ether oxygens (including phenoxy) is 4. The van der Waals surface area contributed by atoms with Gasteiger partial charge in [0, 0.05) is 13.0 Å². The number of unbranched alkanes of at least 4 members (excludes halogenated alkanes) is 19. The molecule has 0 aromatic rings. The number of esters is 1. The van der Waals surface area contributed by atoms with Gasteiger partial charge in [-0.1, -0.05) is 134 Å². The first-order valence-corrected chi connectivity index (χ1v) is 23.6. The first-order chi connectivity index (χ1) is 27.6. The summed E-state index contributed by atoms with van der Waals surface area (Å²) in [7, 11) is -5.06. The molecule has 334 valence electrons. The molecular formula is C44H80O12S. The lowest BCUT2D eigenvalue weighted by atomic mass is 9.99. The van der Waals surface area contributed by atoms with Crippen molar-refractivity contribution in [3.8, 4) is 0 Å². The highest BCUT2D eigenvalue weighted by atomic mass is 32.3. The average molecular weight is 833 g/mol. The third-order valence-electron chi connectivity index (χ3n) is 9.98. The van der Waals surface area contributed by atoms with Gasteiger partial charge in [-0.05, 0) is 70.6 Å². The summed E-state index contributed by atoms with van der Waals surface area (Å²) in [6.45, 7) is 3.91. The summed E-state index contributed by atoms with van der Waals surface area (Å²) < 4.78 is 59.0. The van der Waals surface area contributed by atoms with Crippen LogP contribution in [-0.2, 0) is 38.3 Å². The van der Waals surface area contributed by atoms with Crippen molar-refractivity contribution in [1.82, 2.24) is 0 Å². The van der Waals surface area contributed by atoms with Crippen molar-refractivity contribution in [3.05, 3.63) is 36.5 Å². The van der Waals surface area contributed by atoms with Crippen molar-refractivity contribution in [2.75, 3.05) is 26.4 Å². The third-order valence-corrected chi connectivity index (χ3v) is 10.5. The molecule has 0 aromatic carbocycles. The molecule has 1 rings (SSSR count). The second-order valence-corrected chi connectivity index (χ2v) is 16.3. The van der Waals surface area contributed by atoms with E-state index in [9.17, 15) is 28.5 Å². The first kappa shape index (κ1) is 53.3. The summed E-state index contributed by atoms with van der Waals surface area (Å²) in [5, 5.41) is 30.6. The molecule has 6 unspecified atom stereocenters. The van der Waals surface area contributed by atoms with Gasteiger partial charge in [-0.15, -0.1) is 0 Å². The predicted molar refractivity (Wildman–Crippen MR) is 225 cm³/mol. The van der Waals surface area contributed by atoms with Crippen LogP contribution in [0.4, 0.5) is 0 Å². The molecule has 57 heavy (non-hydrogen) atoms. The minimum Gasteiger partial charge on any atom is -0.457 e. The van der Waals surface area contributed by atoms with Crippen molar-refractivity contribution in [2.24, 2.45) is 0 Å². The zero-order valence-corrected chi connectivity index (χ0v) is 36.2. The highest BCUT2D eigenvalue weighted by Crippen LogP contribution is 2.26. The quantitative estimate of drug-likeness (QED) is 0.0201. The van der Waals surface area contributed by atoms with Gasteiger partial charge in [0.1, 0.15) is 30.5 Å². The normalized spacial score (nSPS) is 21.0. The zero-order chi connectivity index (χ0) is 41.8. The second-order valence-electron chi connectivity index (χ2n) is 15.3. The molecule has 0 radical (unpaired) electrons. The van der Waals surface area contributed by atoms with E-state index in [1.54, 1.807) is 0 Å². The van der Waals surface area contributed by atoms with E-state index in [0.29, 0.717) is 13.0 Å². The fourth-order valence-electron chi connectivity index (χ4n) is 6.58. The molecule has 0 bridgehead atoms. The lowest BCUT2D eigenvalue weighted by Crippen LogP contribution is -2.60. The first-order valence-electron chi connectivity index (χ1n) is 22.2. The molecule has 4 N–H and O–H groups in total. The number of rotatable bonds is 38. The Morgan fingerprint density at radius 1 is 0.667 bits per heavy atom. The average Bonchev–Trinajstić information content (AvgIpc) is 3.18. The standard InChI is InChI=1S/C44H80O12S/c1-3-5-7-9-11-13-15-17-18-19-20-22-24-26-28-30-32-34-52-36-38(37-53-44-42(48)43(56-57(49,50)51)41(47)39(35-45)55-44)54-40(46)33-31-29-27-25-23-21-16-14-12-10-8-6-4-2/h13-16,18-19,38-39,41-45,47-48H,3-12,17,20-37H2,1-2H3,(H,49,50,51)/b15-13-,16-14-,19-18-. The molecule has 1 fully saturated rings. The van der Waals surface area contributed by atoms with Crippen molar-refractivity contribution in [2.45, 2.75) is 211 Å². The molecule has 0 aliphatic carbocycles. The van der Waals surface area contributed by atoms with E-state index < -0.39 is 59.8 Å². The van der Waals surface area contributed by atoms with Crippen LogP contribution in [0.2, 0.25) is 0 Å². The third kappa shape index (κ3) is 30.1. The largest absolute Gasteiger partial charge is 0.457 e. The maximum absolute atomic E-state index is 12.8. The van der Waals surface area contributed by atoms with Gasteiger partial charge in [-0.25, -0.2) is 4.18 Å². The summed E-state index contributed by atoms with van der Waals surface area (Å²) in [6.07, 6.45) is 31.7. The van der Waals surface area contributed by atoms with Crippen LogP contribution in [0.1, 0.15) is 174 Å². The van der Waals surface area contributed by atoms with Gasteiger partial charge < -0.3 is 34.3 Å². The molecule has 1 heterocycles. The Hall–Kier alpha value is -1.68. The van der Waals surface area contributed by atoms with E-state index in [0.717, 1.165) is 77.0 Å². The maximum Gasteiger partial charge on any atom is 0.397 e. The lowest BCUT2D eigenvalue weighted by Gasteiger charge is -2.41. The van der Waals surface area contributed by atoms with E-state index in [1.807, 2.05) is 0 Å². The second kappa shape index (κ2) is 36.2. The van der Waals surface area contributed by atoms with Crippen LogP contribution in [0.5, 0.6) is 0 Å². The molecule has 0 spiro atoms. The molecule has 0 amide bonds. The lowest BCUT2D eigenvalue weighted by molar-refractivity contribution is -0.301. The van der Waals surface area contributed by atoms with Gasteiger partial charge in [0.15, 0.2) is 6.29 Å². The van der Waals surface area contributed by atoms with Crippen LogP contribution < -0.4 is 0 Å². The topological polar surface area (TPSA) is 178 Å². The molecule has 0 aromatic heterocycles. The van der Waals surface area contributed by atoms with Crippen LogP contribution in [-0.4, -0.2) is 97.5 Å². The summed E-state index contributed by atoms with van der Waals surface area (Å²) in [6, 6.07) is 0. The number of carbonyl (C=O) groups excluding carboxylic acids is 1. The number of hydrogen-bond donors (Lipinski definition) is 4. The molecular weight excluding hydrogens is 753 g/mol. The Kier molecular flexibility index (Phi) is 33.9. The SMILES string of the molecule is CCCCCC/C=C\C/C=C\CCCCCCCCOCC(COC1OC(CO)C(O)C(OS(=O)(=O)O)C1O)OC(=O)CCCCCCC/C=C\CCCCCC. The smallest absolute Gasteiger partial charge is 0.397 e. The van der Waals surface area contributed by atoms with Gasteiger partial charge in [0.2, 0.25) is 0 Å². The minimum atomic E-state index is -5.06. The molecule has 12 nitrogen and oxygen atoms in total. The number of aliphatic hydroxyl groups is 3. The molecule has 1 aliphatic heterocycles. The van der Waals surface area contributed by atoms with Gasteiger partial charge in [0.05, 0.1) is 19.8 Å². The highest BCUT2D eigenvalue weighted by molar-refractivity contribution is 7.80. The Labute approximate surface area is 345 Å². The number of carbonyl (C=O) groups is 1. The van der Waals surface area contributed by atoms with E-state index in [-0.39, 0.29) is 19.6 Å². The van der Waals surface area contributed by atoms with Gasteiger partial charge in [-0.3, -0.25) is 9.35 Å². The van der Waals surface area contributed by atoms with Crippen LogP contribution in [0, 0.1) is 0 Å². The Balaban J connectivity index is 2.45. The molecule has 1 aliphatic rings. The van der Waals surface area contributed by atoms with Crippen LogP contribution >= 0.6 is 0 Å². The van der Waals surface area contributed by atoms with Crippen LogP contribution in [0.15, 0.2) is 36.5 Å². The Morgan fingerprint density at radius 3 is 1.68 bits per heavy atom. The fourth-order valence-corrected chi connectivity index (χ4v) is 7.09. The molecule has 1 saturated heterocycles. The summed E-state index contributed by atoms with van der Waals surface area (Å²) in [4.78, 5) is 12.8. The van der Waals surface area contributed by atoms with Gasteiger partial charge in [0.25, 0.3) is 0 Å². The summed E-state index contributed by atoms with van der Waals surface area (Å²) >= 11 is 0. The Bertz CT molecular complexity index is 1140. The number of allylic oxidation sites excluding steroid dienone is 6. The van der Waals surface area contributed by atoms with E-state index >= 15 is 0 Å². The molecule has 6 atom stereocenters. The molecule has 13 heteroatoms. The Morgan fingerprint density at radius 2 is 1.16 bits per heavy atom. The molecule has 0 saturated carbocycles. The highest BCUT2D eigenvalue weighted by Gasteiger charge is 2.48. The van der Waals surface area contributed by atoms with E-state index in [4.69, 9.17) is 23.5 Å². The predicted octanol–water partition coefficient (Wildman–Crippen LogP) is 9.02. The minimum absolute atomic E-state index is 0.0259. The van der Waals surface area contributed by atoms with Crippen molar-refractivity contribution < 1.29 is 56.2 Å². The monoisotopic (exact) mass is 833 g/mol. The summed E-state index contributed by atoms with van der Waals surface area (Å²) in [5.74, 6) is -0.413. The van der Waals surface area contributed by atoms with E-state index in [1.165, 1.54) is 70.6 Å². The fraction of sp³-hybridized carbons (Fsp3) is 0.841. The maximum atomic E-state index is 12.8. The number of aliphatic hydroxyl groups excluding tert-OH is 3. The number of hydrogen-bond acceptors (Lipinski definition) is 11. The van der Waals surface area contributed by atoms with Gasteiger partial charge >= 0.3 is 16.4 Å². The van der Waals surface area contributed by atoms with Crippen molar-refractivity contribution in [3.63, 3.8) is 0 Å².